The van der Waals surface area contributed by atoms with Gasteiger partial charge in [0.25, 0.3) is 0 Å². The molecule has 1 fully saturated rings. The lowest BCUT2D eigenvalue weighted by Crippen LogP contribution is -2.38. The second-order valence-corrected chi connectivity index (χ2v) is 5.87. The Morgan fingerprint density at radius 3 is 2.06 bits per heavy atom. The highest BCUT2D eigenvalue weighted by atomic mass is 32.2. The highest BCUT2D eigenvalue weighted by Crippen LogP contribution is 2.28. The van der Waals surface area contributed by atoms with Crippen molar-refractivity contribution in [3.8, 4) is 0 Å². The van der Waals surface area contributed by atoms with Crippen LogP contribution in [0.1, 0.15) is 45.4 Å². The Kier molecular flexibility index (Phi) is 5.27. The molecule has 1 saturated heterocycles. The van der Waals surface area contributed by atoms with E-state index in [1.165, 1.54) is 0 Å². The Hall–Kier alpha value is -0.270. The average Bonchev–Trinajstić information content (AvgIpc) is 2.21. The van der Waals surface area contributed by atoms with Crippen LogP contribution in [0.25, 0.3) is 0 Å². The van der Waals surface area contributed by atoms with Gasteiger partial charge in [-0.2, -0.15) is 26.5 Å². The van der Waals surface area contributed by atoms with Gasteiger partial charge >= 0.3 is 15.4 Å². The molecule has 0 atom stereocenters. The summed E-state index contributed by atoms with van der Waals surface area (Å²) in [4.78, 5) is 0. The highest BCUT2D eigenvalue weighted by molar-refractivity contribution is 7.87. The number of hydrogen-bond donors (Lipinski definition) is 0. The van der Waals surface area contributed by atoms with Crippen LogP contribution in [0, 0.1) is 0 Å². The second-order valence-electron chi connectivity index (χ2n) is 4.22. The molecule has 7 heteroatoms. The highest BCUT2D eigenvalue weighted by Gasteiger charge is 2.45. The van der Waals surface area contributed by atoms with E-state index in [0.29, 0.717) is 13.1 Å². The Balaban J connectivity index is 2.62. The van der Waals surface area contributed by atoms with E-state index in [9.17, 15) is 17.2 Å². The Morgan fingerprint density at radius 2 is 1.59 bits per heavy atom. The Morgan fingerprint density at radius 1 is 1.12 bits per heavy atom. The SMILES string of the molecule is CCC(F)(F)S(=O)(=O)ON1CCCCCCC1. The van der Waals surface area contributed by atoms with Crippen molar-refractivity contribution < 1.29 is 21.5 Å². The summed E-state index contributed by atoms with van der Waals surface area (Å²) in [5, 5.41) is -2.66. The van der Waals surface area contributed by atoms with Crippen LogP contribution in [-0.4, -0.2) is 31.8 Å². The van der Waals surface area contributed by atoms with Crippen molar-refractivity contribution in [2.24, 2.45) is 0 Å². The van der Waals surface area contributed by atoms with E-state index in [0.717, 1.165) is 44.1 Å². The predicted molar refractivity (Wildman–Crippen MR) is 59.9 cm³/mol. The molecule has 17 heavy (non-hydrogen) atoms. The zero-order valence-electron chi connectivity index (χ0n) is 9.99. The molecule has 0 unspecified atom stereocenters. The summed E-state index contributed by atoms with van der Waals surface area (Å²) in [6, 6.07) is 0. The molecular weight excluding hydrogens is 252 g/mol. The van der Waals surface area contributed by atoms with E-state index in [1.54, 1.807) is 0 Å². The van der Waals surface area contributed by atoms with Gasteiger partial charge in [0.15, 0.2) is 0 Å². The van der Waals surface area contributed by atoms with Crippen LogP contribution in [0.5, 0.6) is 0 Å². The zero-order valence-corrected chi connectivity index (χ0v) is 10.8. The summed E-state index contributed by atoms with van der Waals surface area (Å²) >= 11 is 0. The molecule has 1 heterocycles. The monoisotopic (exact) mass is 271 g/mol. The Bertz CT molecular complexity index is 324. The largest absolute Gasteiger partial charge is 0.371 e. The van der Waals surface area contributed by atoms with Crippen LogP contribution in [0.4, 0.5) is 8.78 Å². The molecular formula is C10H19F2NO3S. The standard InChI is InChI=1S/C10H19F2NO3S/c1-2-10(11,12)17(14,15)16-13-8-6-4-3-5-7-9-13/h2-9H2,1H3. The fourth-order valence-corrected chi connectivity index (χ4v) is 2.55. The van der Waals surface area contributed by atoms with E-state index in [-0.39, 0.29) is 0 Å². The lowest BCUT2D eigenvalue weighted by molar-refractivity contribution is -0.0728. The number of halogens is 2. The first-order valence-electron chi connectivity index (χ1n) is 5.96. The minimum Gasteiger partial charge on any atom is -0.191 e. The van der Waals surface area contributed by atoms with Crippen LogP contribution in [0.3, 0.4) is 0 Å². The smallest absolute Gasteiger partial charge is 0.191 e. The van der Waals surface area contributed by atoms with Crippen molar-refractivity contribution in [1.82, 2.24) is 5.06 Å². The van der Waals surface area contributed by atoms with Crippen LogP contribution in [0.2, 0.25) is 0 Å². The molecule has 0 N–H and O–H groups in total. The van der Waals surface area contributed by atoms with Crippen LogP contribution in [-0.2, 0) is 14.4 Å². The number of alkyl halides is 2. The molecule has 1 aliphatic rings. The molecule has 4 nitrogen and oxygen atoms in total. The van der Waals surface area contributed by atoms with Crippen LogP contribution >= 0.6 is 0 Å². The molecule has 0 bridgehead atoms. The van der Waals surface area contributed by atoms with Gasteiger partial charge in [0, 0.05) is 19.5 Å². The van der Waals surface area contributed by atoms with E-state index in [1.807, 2.05) is 0 Å². The average molecular weight is 271 g/mol. The Labute approximate surface area is 101 Å². The second kappa shape index (κ2) is 6.06. The number of hydroxylamine groups is 2. The van der Waals surface area contributed by atoms with Crippen molar-refractivity contribution in [2.45, 2.75) is 50.7 Å². The maximum Gasteiger partial charge on any atom is 0.371 e. The minimum atomic E-state index is -4.85. The fraction of sp³-hybridized carbons (Fsp3) is 1.00. The first-order chi connectivity index (χ1) is 7.89. The molecule has 102 valence electrons. The number of nitrogens with zero attached hydrogens (tertiary/aromatic N) is 1. The molecule has 1 aliphatic heterocycles. The van der Waals surface area contributed by atoms with Gasteiger partial charge in [0.05, 0.1) is 0 Å². The molecule has 0 aromatic heterocycles. The molecule has 0 radical (unpaired) electrons. The van der Waals surface area contributed by atoms with Gasteiger partial charge < -0.3 is 0 Å². The van der Waals surface area contributed by atoms with Gasteiger partial charge in [-0.15, -0.1) is 0 Å². The summed E-state index contributed by atoms with van der Waals surface area (Å²) in [6.07, 6.45) is 3.82. The van der Waals surface area contributed by atoms with Gasteiger partial charge in [0.2, 0.25) is 0 Å². The molecule has 0 aromatic carbocycles. The number of rotatable bonds is 4. The molecule has 1 rings (SSSR count). The van der Waals surface area contributed by atoms with Gasteiger partial charge in [-0.1, -0.05) is 26.2 Å². The third kappa shape index (κ3) is 4.15. The predicted octanol–water partition coefficient (Wildman–Crippen LogP) is 2.52. The fourth-order valence-electron chi connectivity index (χ4n) is 1.66. The topological polar surface area (TPSA) is 46.6 Å². The molecule has 0 amide bonds. The zero-order chi connectivity index (χ0) is 12.9. The van der Waals surface area contributed by atoms with Crippen LogP contribution < -0.4 is 0 Å². The lowest BCUT2D eigenvalue weighted by atomic mass is 10.1. The summed E-state index contributed by atoms with van der Waals surface area (Å²) < 4.78 is 53.5. The van der Waals surface area contributed by atoms with Crippen molar-refractivity contribution in [1.29, 1.82) is 0 Å². The molecule has 0 aliphatic carbocycles. The van der Waals surface area contributed by atoms with E-state index >= 15 is 0 Å². The summed E-state index contributed by atoms with van der Waals surface area (Å²) in [5.74, 6) is 0. The quantitative estimate of drug-likeness (QED) is 0.788. The summed E-state index contributed by atoms with van der Waals surface area (Å²) in [6.45, 7) is 1.90. The van der Waals surface area contributed by atoms with E-state index in [4.69, 9.17) is 0 Å². The third-order valence-corrected chi connectivity index (χ3v) is 4.22. The van der Waals surface area contributed by atoms with Crippen LogP contribution in [0.15, 0.2) is 0 Å². The van der Waals surface area contributed by atoms with E-state index < -0.39 is 21.8 Å². The van der Waals surface area contributed by atoms with Gasteiger partial charge in [-0.25, -0.2) is 0 Å². The first-order valence-corrected chi connectivity index (χ1v) is 7.37. The van der Waals surface area contributed by atoms with Gasteiger partial charge in [-0.05, 0) is 12.8 Å². The van der Waals surface area contributed by atoms with Gasteiger partial charge in [0.1, 0.15) is 0 Å². The molecule has 0 spiro atoms. The summed E-state index contributed by atoms with van der Waals surface area (Å²) in [7, 11) is -4.85. The molecule has 0 aromatic rings. The number of hydrogen-bond acceptors (Lipinski definition) is 4. The van der Waals surface area contributed by atoms with Gasteiger partial charge in [-0.3, -0.25) is 0 Å². The van der Waals surface area contributed by atoms with Crippen molar-refractivity contribution in [2.75, 3.05) is 13.1 Å². The minimum absolute atomic E-state index is 0.388. The summed E-state index contributed by atoms with van der Waals surface area (Å²) in [5.41, 5.74) is 0. The van der Waals surface area contributed by atoms with Crippen molar-refractivity contribution in [3.63, 3.8) is 0 Å². The maximum absolute atomic E-state index is 13.1. The maximum atomic E-state index is 13.1. The first kappa shape index (κ1) is 14.8. The van der Waals surface area contributed by atoms with Crippen molar-refractivity contribution in [3.05, 3.63) is 0 Å². The lowest BCUT2D eigenvalue weighted by Gasteiger charge is -2.25. The normalized spacial score (nSPS) is 20.9. The van der Waals surface area contributed by atoms with E-state index in [2.05, 4.69) is 4.28 Å². The molecule has 0 saturated carbocycles. The van der Waals surface area contributed by atoms with Crippen molar-refractivity contribution >= 4 is 10.1 Å². The third-order valence-electron chi connectivity index (χ3n) is 2.80.